The van der Waals surface area contributed by atoms with Crippen molar-refractivity contribution in [1.29, 1.82) is 5.26 Å². The van der Waals surface area contributed by atoms with Crippen molar-refractivity contribution in [3.63, 3.8) is 0 Å². The highest BCUT2D eigenvalue weighted by Crippen LogP contribution is 2.14. The first-order valence-corrected chi connectivity index (χ1v) is 5.67. The van der Waals surface area contributed by atoms with E-state index in [-0.39, 0.29) is 6.04 Å². The van der Waals surface area contributed by atoms with E-state index in [1.165, 1.54) is 6.20 Å². The van der Waals surface area contributed by atoms with Gasteiger partial charge >= 0.3 is 0 Å². The van der Waals surface area contributed by atoms with Crippen LogP contribution in [0.2, 0.25) is 0 Å². The highest BCUT2D eigenvalue weighted by atomic mass is 15.2. The topological polar surface area (TPSA) is 64.8 Å². The largest absolute Gasteiger partial charge is 0.363 e. The average molecular weight is 233 g/mol. The molecule has 0 saturated heterocycles. The predicted octanol–water partition coefficient (Wildman–Crippen LogP) is 1.35. The second-order valence-corrected chi connectivity index (χ2v) is 4.66. The van der Waals surface area contributed by atoms with Gasteiger partial charge in [0.2, 0.25) is 0 Å². The van der Waals surface area contributed by atoms with Crippen LogP contribution < -0.4 is 5.32 Å². The van der Waals surface area contributed by atoms with E-state index in [1.807, 2.05) is 14.1 Å². The summed E-state index contributed by atoms with van der Waals surface area (Å²) in [5.41, 5.74) is 0.532. The Morgan fingerprint density at radius 3 is 2.71 bits per heavy atom. The van der Waals surface area contributed by atoms with Gasteiger partial charge in [0.05, 0.1) is 11.8 Å². The third kappa shape index (κ3) is 4.00. The van der Waals surface area contributed by atoms with Gasteiger partial charge in [-0.25, -0.2) is 0 Å². The molecular weight excluding hydrogens is 214 g/mol. The maximum atomic E-state index is 8.98. The molecule has 0 amide bonds. The van der Waals surface area contributed by atoms with E-state index >= 15 is 0 Å². The monoisotopic (exact) mass is 233 g/mol. The summed E-state index contributed by atoms with van der Waals surface area (Å²) in [6, 6.07) is 4.03. The summed E-state index contributed by atoms with van der Waals surface area (Å²) in [6.45, 7) is 5.17. The fraction of sp³-hybridized carbons (Fsp3) is 0.583. The third-order valence-corrected chi connectivity index (χ3v) is 2.53. The summed E-state index contributed by atoms with van der Waals surface area (Å²) in [4.78, 5) is 2.11. The first-order chi connectivity index (χ1) is 8.04. The molecule has 0 aliphatic carbocycles. The van der Waals surface area contributed by atoms with Crippen molar-refractivity contribution >= 4 is 5.82 Å². The van der Waals surface area contributed by atoms with E-state index in [9.17, 15) is 0 Å². The van der Waals surface area contributed by atoms with Crippen LogP contribution in [0.1, 0.15) is 19.4 Å². The Hall–Kier alpha value is -1.67. The molecule has 1 N–H and O–H groups in total. The molecule has 1 atom stereocenters. The second-order valence-electron chi connectivity index (χ2n) is 4.66. The number of nitrogens with one attached hydrogen (secondary N) is 1. The number of hydrogen-bond acceptors (Lipinski definition) is 5. The molecule has 17 heavy (non-hydrogen) atoms. The van der Waals surface area contributed by atoms with E-state index < -0.39 is 0 Å². The lowest BCUT2D eigenvalue weighted by atomic mass is 10.0. The SMILES string of the molecule is CC(C)C(CN(C)C)Nc1nnccc1C#N. The summed E-state index contributed by atoms with van der Waals surface area (Å²) in [5.74, 6) is 1.02. The Labute approximate surface area is 102 Å². The molecule has 1 rings (SSSR count). The van der Waals surface area contributed by atoms with Crippen LogP contribution >= 0.6 is 0 Å². The Bertz CT molecular complexity index is 394. The van der Waals surface area contributed by atoms with Crippen molar-refractivity contribution in [2.75, 3.05) is 26.0 Å². The molecule has 0 spiro atoms. The maximum Gasteiger partial charge on any atom is 0.166 e. The Morgan fingerprint density at radius 1 is 1.47 bits per heavy atom. The number of nitriles is 1. The minimum absolute atomic E-state index is 0.244. The number of nitrogens with zero attached hydrogens (tertiary/aromatic N) is 4. The van der Waals surface area contributed by atoms with Gasteiger partial charge in [0, 0.05) is 12.6 Å². The highest BCUT2D eigenvalue weighted by molar-refractivity contribution is 5.50. The van der Waals surface area contributed by atoms with Crippen molar-refractivity contribution < 1.29 is 0 Å². The fourth-order valence-electron chi connectivity index (χ4n) is 1.52. The third-order valence-electron chi connectivity index (χ3n) is 2.53. The van der Waals surface area contributed by atoms with Gasteiger partial charge in [0.15, 0.2) is 5.82 Å². The van der Waals surface area contributed by atoms with Crippen LogP contribution in [0.4, 0.5) is 5.82 Å². The minimum atomic E-state index is 0.244. The molecule has 0 radical (unpaired) electrons. The van der Waals surface area contributed by atoms with Gasteiger partial charge < -0.3 is 10.2 Å². The number of anilines is 1. The maximum absolute atomic E-state index is 8.98. The van der Waals surface area contributed by atoms with Gasteiger partial charge in [0.1, 0.15) is 6.07 Å². The van der Waals surface area contributed by atoms with Gasteiger partial charge in [0.25, 0.3) is 0 Å². The smallest absolute Gasteiger partial charge is 0.166 e. The Kier molecular flexibility index (Phi) is 4.85. The zero-order chi connectivity index (χ0) is 12.8. The second kappa shape index (κ2) is 6.16. The summed E-state index contributed by atoms with van der Waals surface area (Å²) >= 11 is 0. The first kappa shape index (κ1) is 13.4. The Balaban J connectivity index is 2.83. The van der Waals surface area contributed by atoms with Crippen molar-refractivity contribution in [2.45, 2.75) is 19.9 Å². The zero-order valence-electron chi connectivity index (χ0n) is 10.8. The standard InChI is InChI=1S/C12H19N5/c1-9(2)11(8-17(3)4)15-12-10(7-13)5-6-14-16-12/h5-6,9,11H,8H2,1-4H3,(H,15,16). The molecule has 0 saturated carbocycles. The first-order valence-electron chi connectivity index (χ1n) is 5.67. The van der Waals surface area contributed by atoms with E-state index in [0.29, 0.717) is 17.3 Å². The van der Waals surface area contributed by atoms with Crippen LogP contribution in [0.25, 0.3) is 0 Å². The normalized spacial score (nSPS) is 12.5. The lowest BCUT2D eigenvalue weighted by Gasteiger charge is -2.26. The van der Waals surface area contributed by atoms with Crippen molar-refractivity contribution in [1.82, 2.24) is 15.1 Å². The van der Waals surface area contributed by atoms with Crippen LogP contribution in [0.15, 0.2) is 12.3 Å². The molecule has 0 aliphatic rings. The van der Waals surface area contributed by atoms with Crippen molar-refractivity contribution in [3.05, 3.63) is 17.8 Å². The zero-order valence-corrected chi connectivity index (χ0v) is 10.8. The molecule has 5 heteroatoms. The molecule has 0 aliphatic heterocycles. The predicted molar refractivity (Wildman–Crippen MR) is 67.5 cm³/mol. The van der Waals surface area contributed by atoms with Gasteiger partial charge in [-0.05, 0) is 26.1 Å². The average Bonchev–Trinajstić information content (AvgIpc) is 2.28. The van der Waals surface area contributed by atoms with Crippen LogP contribution in [0, 0.1) is 17.2 Å². The van der Waals surface area contributed by atoms with Gasteiger partial charge in [-0.15, -0.1) is 5.10 Å². The lowest BCUT2D eigenvalue weighted by Crippen LogP contribution is -2.37. The van der Waals surface area contributed by atoms with E-state index in [4.69, 9.17) is 5.26 Å². The van der Waals surface area contributed by atoms with Crippen molar-refractivity contribution in [3.8, 4) is 6.07 Å². The highest BCUT2D eigenvalue weighted by Gasteiger charge is 2.16. The molecule has 1 heterocycles. The number of hydrogen-bond donors (Lipinski definition) is 1. The lowest BCUT2D eigenvalue weighted by molar-refractivity contribution is 0.344. The van der Waals surface area contributed by atoms with E-state index in [2.05, 4.69) is 40.3 Å². The molecular formula is C12H19N5. The van der Waals surface area contributed by atoms with E-state index in [1.54, 1.807) is 6.07 Å². The van der Waals surface area contributed by atoms with Crippen molar-refractivity contribution in [2.24, 2.45) is 5.92 Å². The van der Waals surface area contributed by atoms with Crippen LogP contribution in [0.5, 0.6) is 0 Å². The molecule has 0 bridgehead atoms. The van der Waals surface area contributed by atoms with Gasteiger partial charge in [-0.1, -0.05) is 13.8 Å². The summed E-state index contributed by atoms with van der Waals surface area (Å²) in [5, 5.41) is 20.1. The minimum Gasteiger partial charge on any atom is -0.363 e. The van der Waals surface area contributed by atoms with Crippen LogP contribution in [0.3, 0.4) is 0 Å². The number of likely N-dealkylation sites (N-methyl/N-ethyl adjacent to an activating group) is 1. The quantitative estimate of drug-likeness (QED) is 0.831. The summed E-state index contributed by atoms with van der Waals surface area (Å²) < 4.78 is 0. The van der Waals surface area contributed by atoms with Gasteiger partial charge in [-0.3, -0.25) is 0 Å². The molecule has 92 valence electrons. The molecule has 1 aromatic rings. The Morgan fingerprint density at radius 2 is 2.18 bits per heavy atom. The number of aromatic nitrogens is 2. The van der Waals surface area contributed by atoms with Gasteiger partial charge in [-0.2, -0.15) is 10.4 Å². The van der Waals surface area contributed by atoms with Crippen LogP contribution in [-0.4, -0.2) is 41.8 Å². The molecule has 0 fully saturated rings. The summed E-state index contributed by atoms with van der Waals surface area (Å²) in [7, 11) is 4.05. The molecule has 5 nitrogen and oxygen atoms in total. The molecule has 1 aromatic heterocycles. The summed E-state index contributed by atoms with van der Waals surface area (Å²) in [6.07, 6.45) is 1.53. The van der Waals surface area contributed by atoms with E-state index in [0.717, 1.165) is 6.54 Å². The number of rotatable bonds is 5. The molecule has 1 unspecified atom stereocenters. The molecule has 0 aromatic carbocycles. The van der Waals surface area contributed by atoms with Crippen LogP contribution in [-0.2, 0) is 0 Å². The fourth-order valence-corrected chi connectivity index (χ4v) is 1.52.